The highest BCUT2D eigenvalue weighted by atomic mass is 32.2. The number of hydrogen-bond donors (Lipinski definition) is 3. The first-order valence-corrected chi connectivity index (χ1v) is 7.70. The van der Waals surface area contributed by atoms with Crippen molar-refractivity contribution in [2.75, 3.05) is 11.0 Å². The molecule has 3 N–H and O–H groups in total. The molecule has 0 aliphatic rings. The normalized spacial score (nSPS) is 11.1. The second-order valence-corrected chi connectivity index (χ2v) is 6.12. The average molecular weight is 308 g/mol. The van der Waals surface area contributed by atoms with Gasteiger partial charge in [0.25, 0.3) is 5.56 Å². The summed E-state index contributed by atoms with van der Waals surface area (Å²) in [5.74, 6) is -1.31. The molecule has 0 radical (unpaired) electrons. The van der Waals surface area contributed by atoms with Gasteiger partial charge in [-0.15, -0.1) is 0 Å². The highest BCUT2D eigenvalue weighted by Gasteiger charge is 2.10. The maximum Gasteiger partial charge on any atom is 0.341 e. The fourth-order valence-electron chi connectivity index (χ4n) is 1.77. The summed E-state index contributed by atoms with van der Waals surface area (Å²) in [4.78, 5) is 24.9. The van der Waals surface area contributed by atoms with Crippen LogP contribution in [-0.2, 0) is 10.0 Å². The Hall–Kier alpha value is -2.61. The third-order valence-corrected chi connectivity index (χ3v) is 3.22. The Morgan fingerprint density at radius 2 is 1.95 bits per heavy atom. The Labute approximate surface area is 120 Å². The summed E-state index contributed by atoms with van der Waals surface area (Å²) in [6.45, 7) is 0. The first-order valence-electron chi connectivity index (χ1n) is 5.81. The largest absolute Gasteiger partial charge is 0.477 e. The molecule has 1 aromatic heterocycles. The summed E-state index contributed by atoms with van der Waals surface area (Å²) < 4.78 is 24.7. The number of carboxylic acid groups (broad SMARTS) is 1. The van der Waals surface area contributed by atoms with E-state index in [-0.39, 0.29) is 5.56 Å². The predicted molar refractivity (Wildman–Crippen MR) is 77.9 cm³/mol. The molecule has 1 aromatic carbocycles. The topological polar surface area (TPSA) is 116 Å². The lowest BCUT2D eigenvalue weighted by atomic mass is 10.1. The van der Waals surface area contributed by atoms with Crippen LogP contribution < -0.4 is 10.3 Å². The molecular weight excluding hydrogens is 296 g/mol. The van der Waals surface area contributed by atoms with Crippen molar-refractivity contribution in [3.63, 3.8) is 0 Å². The lowest BCUT2D eigenvalue weighted by Crippen LogP contribution is -2.17. The molecule has 2 aromatic rings. The molecular formula is C13H12N2O5S. The van der Waals surface area contributed by atoms with Crippen molar-refractivity contribution in [2.24, 2.45) is 0 Å². The maximum atomic E-state index is 11.6. The highest BCUT2D eigenvalue weighted by Crippen LogP contribution is 2.20. The summed E-state index contributed by atoms with van der Waals surface area (Å²) in [7, 11) is -3.40. The van der Waals surface area contributed by atoms with Crippen LogP contribution in [0.25, 0.3) is 11.3 Å². The fraction of sp³-hybridized carbons (Fsp3) is 0.0769. The lowest BCUT2D eigenvalue weighted by Gasteiger charge is -2.07. The molecule has 0 spiro atoms. The zero-order valence-electron chi connectivity index (χ0n) is 11.0. The predicted octanol–water partition coefficient (Wildman–Crippen LogP) is 1.11. The monoisotopic (exact) mass is 308 g/mol. The van der Waals surface area contributed by atoms with Gasteiger partial charge in [-0.05, 0) is 24.3 Å². The molecule has 8 heteroatoms. The van der Waals surface area contributed by atoms with Crippen LogP contribution in [-0.4, -0.2) is 30.7 Å². The van der Waals surface area contributed by atoms with Gasteiger partial charge in [0, 0.05) is 16.9 Å². The number of H-pyrrole nitrogens is 1. The summed E-state index contributed by atoms with van der Waals surface area (Å²) in [5.41, 5.74) is 0.212. The van der Waals surface area contributed by atoms with Gasteiger partial charge in [0.2, 0.25) is 10.0 Å². The third-order valence-electron chi connectivity index (χ3n) is 2.62. The first kappa shape index (κ1) is 14.8. The molecule has 0 bridgehead atoms. The number of carboxylic acids is 1. The molecule has 0 saturated carbocycles. The molecule has 0 aliphatic carbocycles. The minimum absolute atomic E-state index is 0.346. The van der Waals surface area contributed by atoms with E-state index in [1.807, 2.05) is 0 Å². The number of carbonyl (C=O) groups is 1. The molecule has 0 atom stereocenters. The number of hydrogen-bond acceptors (Lipinski definition) is 4. The van der Waals surface area contributed by atoms with Crippen molar-refractivity contribution in [3.05, 3.63) is 52.3 Å². The first-order chi connectivity index (χ1) is 9.76. The number of nitrogens with one attached hydrogen (secondary N) is 2. The molecule has 7 nitrogen and oxygen atoms in total. The zero-order chi connectivity index (χ0) is 15.6. The van der Waals surface area contributed by atoms with Crippen LogP contribution in [0.3, 0.4) is 0 Å². The van der Waals surface area contributed by atoms with Gasteiger partial charge in [-0.1, -0.05) is 12.1 Å². The van der Waals surface area contributed by atoms with Crippen molar-refractivity contribution < 1.29 is 18.3 Å². The zero-order valence-corrected chi connectivity index (χ0v) is 11.8. The van der Waals surface area contributed by atoms with Crippen LogP contribution in [0.2, 0.25) is 0 Å². The van der Waals surface area contributed by atoms with E-state index in [4.69, 9.17) is 5.11 Å². The van der Waals surface area contributed by atoms with Gasteiger partial charge in [0.05, 0.1) is 6.26 Å². The number of aromatic nitrogens is 1. The second kappa shape index (κ2) is 5.41. The van der Waals surface area contributed by atoms with Gasteiger partial charge in [-0.25, -0.2) is 13.2 Å². The molecule has 21 heavy (non-hydrogen) atoms. The summed E-state index contributed by atoms with van der Waals surface area (Å²) in [5, 5.41) is 8.80. The van der Waals surface area contributed by atoms with E-state index in [1.54, 1.807) is 18.2 Å². The Morgan fingerprint density at radius 3 is 2.52 bits per heavy atom. The molecule has 0 amide bonds. The van der Waals surface area contributed by atoms with E-state index in [0.717, 1.165) is 6.26 Å². The van der Waals surface area contributed by atoms with Crippen LogP contribution in [0, 0.1) is 0 Å². The molecule has 110 valence electrons. The van der Waals surface area contributed by atoms with E-state index in [9.17, 15) is 18.0 Å². The maximum absolute atomic E-state index is 11.6. The van der Waals surface area contributed by atoms with Gasteiger partial charge in [0.1, 0.15) is 5.56 Å². The Morgan fingerprint density at radius 1 is 1.24 bits per heavy atom. The number of benzene rings is 1. The minimum atomic E-state index is -3.40. The van der Waals surface area contributed by atoms with Gasteiger partial charge in [-0.2, -0.15) is 0 Å². The number of sulfonamides is 1. The number of pyridine rings is 1. The number of rotatable bonds is 4. The summed E-state index contributed by atoms with van der Waals surface area (Å²) >= 11 is 0. The molecule has 0 aliphatic heterocycles. The number of aromatic amines is 1. The smallest absolute Gasteiger partial charge is 0.341 e. The fourth-order valence-corrected chi connectivity index (χ4v) is 2.33. The van der Waals surface area contributed by atoms with Crippen molar-refractivity contribution in [2.45, 2.75) is 0 Å². The van der Waals surface area contributed by atoms with Crippen molar-refractivity contribution in [1.82, 2.24) is 4.98 Å². The molecule has 2 rings (SSSR count). The van der Waals surface area contributed by atoms with Crippen LogP contribution in [0.5, 0.6) is 0 Å². The van der Waals surface area contributed by atoms with E-state index < -0.39 is 21.6 Å². The van der Waals surface area contributed by atoms with Crippen molar-refractivity contribution in [3.8, 4) is 11.3 Å². The number of anilines is 1. The van der Waals surface area contributed by atoms with Crippen LogP contribution in [0.15, 0.2) is 41.2 Å². The van der Waals surface area contributed by atoms with Gasteiger partial charge >= 0.3 is 5.97 Å². The van der Waals surface area contributed by atoms with Crippen LogP contribution >= 0.6 is 0 Å². The Balaban J connectivity index is 2.43. The molecule has 0 fully saturated rings. The van der Waals surface area contributed by atoms with Crippen molar-refractivity contribution >= 4 is 21.7 Å². The number of aromatic carboxylic acids is 1. The van der Waals surface area contributed by atoms with E-state index >= 15 is 0 Å². The SMILES string of the molecule is CS(=O)(=O)Nc1cccc(-c2ccc(C(=O)O)c(=O)[nH]2)c1. The highest BCUT2D eigenvalue weighted by molar-refractivity contribution is 7.92. The summed E-state index contributed by atoms with van der Waals surface area (Å²) in [6, 6.07) is 9.03. The Kier molecular flexibility index (Phi) is 3.81. The van der Waals surface area contributed by atoms with Gasteiger partial charge in [0.15, 0.2) is 0 Å². The van der Waals surface area contributed by atoms with E-state index in [1.165, 1.54) is 18.2 Å². The Bertz CT molecular complexity index is 855. The van der Waals surface area contributed by atoms with Gasteiger partial charge in [-0.3, -0.25) is 9.52 Å². The van der Waals surface area contributed by atoms with Crippen LogP contribution in [0.4, 0.5) is 5.69 Å². The molecule has 0 saturated heterocycles. The van der Waals surface area contributed by atoms with Crippen LogP contribution in [0.1, 0.15) is 10.4 Å². The third kappa shape index (κ3) is 3.69. The standard InChI is InChI=1S/C13H12N2O5S/c1-21(19,20)15-9-4-2-3-8(7-9)11-6-5-10(13(17)18)12(16)14-11/h2-7,15H,1H3,(H,14,16)(H,17,18). The quantitative estimate of drug-likeness (QED) is 0.782. The van der Waals surface area contributed by atoms with Gasteiger partial charge < -0.3 is 10.1 Å². The second-order valence-electron chi connectivity index (χ2n) is 4.37. The van der Waals surface area contributed by atoms with Crippen molar-refractivity contribution in [1.29, 1.82) is 0 Å². The molecule has 0 unspecified atom stereocenters. The molecule has 1 heterocycles. The summed E-state index contributed by atoms with van der Waals surface area (Å²) in [6.07, 6.45) is 1.03. The average Bonchev–Trinajstić information content (AvgIpc) is 2.36. The lowest BCUT2D eigenvalue weighted by molar-refractivity contribution is 0.0695. The minimum Gasteiger partial charge on any atom is -0.477 e. The van der Waals surface area contributed by atoms with E-state index in [0.29, 0.717) is 16.9 Å². The van der Waals surface area contributed by atoms with E-state index in [2.05, 4.69) is 9.71 Å².